The third-order valence-electron chi connectivity index (χ3n) is 3.59. The number of carbonyl (C=O) groups is 1. The van der Waals surface area contributed by atoms with E-state index in [1.807, 2.05) is 61.5 Å². The normalized spacial score (nSPS) is 10.3. The predicted octanol–water partition coefficient (Wildman–Crippen LogP) is 3.77. The SMILES string of the molecule is CCOC(=O)c1nnc(-c2ccccc2)nc1Nc1ccccc1C. The molecular formula is C19H18N4O2. The highest BCUT2D eigenvalue weighted by molar-refractivity contribution is 5.93. The summed E-state index contributed by atoms with van der Waals surface area (Å²) in [6.07, 6.45) is 0. The van der Waals surface area contributed by atoms with E-state index in [0.717, 1.165) is 16.8 Å². The van der Waals surface area contributed by atoms with Crippen LogP contribution in [0.2, 0.25) is 0 Å². The maximum atomic E-state index is 12.2. The largest absolute Gasteiger partial charge is 0.461 e. The number of carbonyl (C=O) groups excluding carboxylic acids is 1. The first-order chi connectivity index (χ1) is 12.2. The minimum atomic E-state index is -0.557. The molecule has 0 spiro atoms. The highest BCUT2D eigenvalue weighted by Crippen LogP contribution is 2.23. The van der Waals surface area contributed by atoms with Gasteiger partial charge in [0, 0.05) is 11.3 Å². The van der Waals surface area contributed by atoms with Crippen molar-refractivity contribution in [2.45, 2.75) is 13.8 Å². The molecule has 0 aliphatic rings. The molecule has 126 valence electrons. The van der Waals surface area contributed by atoms with Crippen molar-refractivity contribution in [3.8, 4) is 11.4 Å². The van der Waals surface area contributed by atoms with E-state index < -0.39 is 5.97 Å². The Kier molecular flexibility index (Phi) is 4.99. The first-order valence-electron chi connectivity index (χ1n) is 7.99. The monoisotopic (exact) mass is 334 g/mol. The van der Waals surface area contributed by atoms with Crippen LogP contribution in [-0.4, -0.2) is 27.8 Å². The van der Waals surface area contributed by atoms with Crippen molar-refractivity contribution in [1.29, 1.82) is 0 Å². The van der Waals surface area contributed by atoms with E-state index in [0.29, 0.717) is 11.6 Å². The second kappa shape index (κ2) is 7.53. The molecule has 0 radical (unpaired) electrons. The lowest BCUT2D eigenvalue weighted by molar-refractivity contribution is 0.0519. The zero-order chi connectivity index (χ0) is 17.6. The molecule has 0 unspecified atom stereocenters. The van der Waals surface area contributed by atoms with Crippen LogP contribution in [0.5, 0.6) is 0 Å². The molecule has 0 saturated carbocycles. The zero-order valence-electron chi connectivity index (χ0n) is 14.1. The zero-order valence-corrected chi connectivity index (χ0v) is 14.1. The van der Waals surface area contributed by atoms with Gasteiger partial charge in [-0.3, -0.25) is 0 Å². The van der Waals surface area contributed by atoms with E-state index in [-0.39, 0.29) is 12.3 Å². The first-order valence-corrected chi connectivity index (χ1v) is 7.99. The third kappa shape index (κ3) is 3.80. The minimum Gasteiger partial charge on any atom is -0.461 e. The highest BCUT2D eigenvalue weighted by atomic mass is 16.5. The van der Waals surface area contributed by atoms with Crippen LogP contribution >= 0.6 is 0 Å². The summed E-state index contributed by atoms with van der Waals surface area (Å²) in [5.74, 6) is 0.199. The minimum absolute atomic E-state index is 0.0600. The van der Waals surface area contributed by atoms with Crippen molar-refractivity contribution in [2.24, 2.45) is 0 Å². The average Bonchev–Trinajstić information content (AvgIpc) is 2.64. The van der Waals surface area contributed by atoms with Crippen LogP contribution in [0.1, 0.15) is 23.0 Å². The fourth-order valence-corrected chi connectivity index (χ4v) is 2.30. The van der Waals surface area contributed by atoms with Gasteiger partial charge < -0.3 is 10.1 Å². The Labute approximate surface area is 145 Å². The molecule has 0 aliphatic heterocycles. The topological polar surface area (TPSA) is 77.0 Å². The van der Waals surface area contributed by atoms with Crippen molar-refractivity contribution in [3.63, 3.8) is 0 Å². The highest BCUT2D eigenvalue weighted by Gasteiger charge is 2.19. The van der Waals surface area contributed by atoms with Crippen molar-refractivity contribution >= 4 is 17.5 Å². The van der Waals surface area contributed by atoms with E-state index in [9.17, 15) is 4.79 Å². The fourth-order valence-electron chi connectivity index (χ4n) is 2.30. The predicted molar refractivity (Wildman–Crippen MR) is 95.7 cm³/mol. The van der Waals surface area contributed by atoms with Crippen LogP contribution in [0.4, 0.5) is 11.5 Å². The van der Waals surface area contributed by atoms with Gasteiger partial charge in [-0.2, -0.15) is 0 Å². The number of benzene rings is 2. The Morgan fingerprint density at radius 1 is 1.04 bits per heavy atom. The number of rotatable bonds is 5. The molecule has 1 N–H and O–H groups in total. The van der Waals surface area contributed by atoms with Gasteiger partial charge in [0.1, 0.15) is 0 Å². The molecule has 6 nitrogen and oxygen atoms in total. The summed E-state index contributed by atoms with van der Waals surface area (Å²) in [7, 11) is 0. The lowest BCUT2D eigenvalue weighted by atomic mass is 10.2. The molecule has 0 amide bonds. The molecule has 0 bridgehead atoms. The summed E-state index contributed by atoms with van der Waals surface area (Å²) in [6.45, 7) is 3.97. The summed E-state index contributed by atoms with van der Waals surface area (Å²) in [5, 5.41) is 11.3. The molecule has 3 aromatic rings. The number of esters is 1. The van der Waals surface area contributed by atoms with Crippen LogP contribution in [0.15, 0.2) is 54.6 Å². The average molecular weight is 334 g/mol. The van der Waals surface area contributed by atoms with Gasteiger partial charge in [0.2, 0.25) is 5.69 Å². The molecule has 25 heavy (non-hydrogen) atoms. The van der Waals surface area contributed by atoms with E-state index in [4.69, 9.17) is 4.74 Å². The van der Waals surface area contributed by atoms with Gasteiger partial charge in [-0.05, 0) is 25.5 Å². The number of nitrogens with one attached hydrogen (secondary N) is 1. The van der Waals surface area contributed by atoms with Crippen molar-refractivity contribution < 1.29 is 9.53 Å². The van der Waals surface area contributed by atoms with E-state index in [1.165, 1.54) is 0 Å². The molecule has 0 aliphatic carbocycles. The maximum Gasteiger partial charge on any atom is 0.362 e. The number of ether oxygens (including phenoxy) is 1. The Morgan fingerprint density at radius 3 is 2.48 bits per heavy atom. The van der Waals surface area contributed by atoms with Crippen LogP contribution < -0.4 is 5.32 Å². The van der Waals surface area contributed by atoms with Gasteiger partial charge in [-0.15, -0.1) is 10.2 Å². The first kappa shape index (κ1) is 16.6. The smallest absolute Gasteiger partial charge is 0.362 e. The Balaban J connectivity index is 2.04. The summed E-state index contributed by atoms with van der Waals surface area (Å²) in [5.41, 5.74) is 2.74. The van der Waals surface area contributed by atoms with Crippen LogP contribution in [-0.2, 0) is 4.74 Å². The van der Waals surface area contributed by atoms with Crippen molar-refractivity contribution in [2.75, 3.05) is 11.9 Å². The number of hydrogen-bond donors (Lipinski definition) is 1. The van der Waals surface area contributed by atoms with E-state index >= 15 is 0 Å². The van der Waals surface area contributed by atoms with Gasteiger partial charge >= 0.3 is 5.97 Å². The molecule has 6 heteroatoms. The number of aromatic nitrogens is 3. The third-order valence-corrected chi connectivity index (χ3v) is 3.59. The summed E-state index contributed by atoms with van der Waals surface area (Å²) < 4.78 is 5.06. The lowest BCUT2D eigenvalue weighted by Crippen LogP contribution is -2.14. The van der Waals surface area contributed by atoms with Gasteiger partial charge in [-0.1, -0.05) is 48.5 Å². The van der Waals surface area contributed by atoms with E-state index in [2.05, 4.69) is 20.5 Å². The molecule has 0 saturated heterocycles. The van der Waals surface area contributed by atoms with Crippen molar-refractivity contribution in [1.82, 2.24) is 15.2 Å². The summed E-state index contributed by atoms with van der Waals surface area (Å²) >= 11 is 0. The standard InChI is InChI=1S/C19H18N4O2/c1-3-25-19(24)16-18(20-15-12-8-7-9-13(15)2)21-17(23-22-16)14-10-5-4-6-11-14/h4-12H,3H2,1-2H3,(H,20,21,23). The number of aryl methyl sites for hydroxylation is 1. The number of nitrogens with zero attached hydrogens (tertiary/aromatic N) is 3. The second-order valence-corrected chi connectivity index (χ2v) is 5.36. The van der Waals surface area contributed by atoms with Crippen LogP contribution in [0.25, 0.3) is 11.4 Å². The number of para-hydroxylation sites is 1. The number of hydrogen-bond acceptors (Lipinski definition) is 6. The quantitative estimate of drug-likeness (QED) is 0.716. The molecule has 3 rings (SSSR count). The molecule has 0 fully saturated rings. The fraction of sp³-hybridized carbons (Fsp3) is 0.158. The molecule has 1 aromatic heterocycles. The van der Waals surface area contributed by atoms with Gasteiger partial charge in [0.25, 0.3) is 0 Å². The lowest BCUT2D eigenvalue weighted by Gasteiger charge is -2.12. The Hall–Kier alpha value is -3.28. The second-order valence-electron chi connectivity index (χ2n) is 5.36. The Morgan fingerprint density at radius 2 is 1.76 bits per heavy atom. The van der Waals surface area contributed by atoms with E-state index in [1.54, 1.807) is 6.92 Å². The summed E-state index contributed by atoms with van der Waals surface area (Å²) in [6, 6.07) is 17.2. The molecule has 1 heterocycles. The molecular weight excluding hydrogens is 316 g/mol. The van der Waals surface area contributed by atoms with Crippen molar-refractivity contribution in [3.05, 3.63) is 65.9 Å². The molecule has 2 aromatic carbocycles. The van der Waals surface area contributed by atoms with Crippen LogP contribution in [0, 0.1) is 6.92 Å². The van der Waals surface area contributed by atoms with Gasteiger partial charge in [0.05, 0.1) is 6.61 Å². The Bertz CT molecular complexity index is 882. The van der Waals surface area contributed by atoms with Gasteiger partial charge in [0.15, 0.2) is 11.6 Å². The summed E-state index contributed by atoms with van der Waals surface area (Å²) in [4.78, 5) is 16.7. The van der Waals surface area contributed by atoms with Crippen LogP contribution in [0.3, 0.4) is 0 Å². The maximum absolute atomic E-state index is 12.2. The van der Waals surface area contributed by atoms with Gasteiger partial charge in [-0.25, -0.2) is 9.78 Å². The number of anilines is 2. The molecule has 0 atom stereocenters.